The summed E-state index contributed by atoms with van der Waals surface area (Å²) in [6, 6.07) is 16.1. The average Bonchev–Trinajstić information content (AvgIpc) is 2.88. The summed E-state index contributed by atoms with van der Waals surface area (Å²) >= 11 is 0. The second kappa shape index (κ2) is 6.55. The Morgan fingerprint density at radius 2 is 1.68 bits per heavy atom. The van der Waals surface area contributed by atoms with Crippen molar-refractivity contribution in [3.63, 3.8) is 0 Å². The standard InChI is InChI=1S/C20H16FN2O.HI/c1-22-12-11-14-13-7-4-6-10-17(13)23(2)18(14)19(22)20(24)15-8-3-5-9-16(15)21;/h3-12H,1-2H3;1H/q+1;/p-1. The van der Waals surface area contributed by atoms with Crippen molar-refractivity contribution in [2.24, 2.45) is 14.1 Å². The van der Waals surface area contributed by atoms with Crippen LogP contribution in [0, 0.1) is 5.82 Å². The fourth-order valence-corrected chi connectivity index (χ4v) is 3.35. The highest BCUT2D eigenvalue weighted by Gasteiger charge is 2.28. The summed E-state index contributed by atoms with van der Waals surface area (Å²) in [5.41, 5.74) is 2.43. The molecule has 2 aromatic heterocycles. The predicted molar refractivity (Wildman–Crippen MR) is 91.4 cm³/mol. The molecular formula is C20H16FIN2O. The molecule has 0 aliphatic carbocycles. The predicted octanol–water partition coefficient (Wildman–Crippen LogP) is 0.530. The lowest BCUT2D eigenvalue weighted by molar-refractivity contribution is -0.672. The fraction of sp³-hybridized carbons (Fsp3) is 0.100. The number of carbonyl (C=O) groups is 1. The number of fused-ring (bicyclic) bond motifs is 3. The second-order valence-electron chi connectivity index (χ2n) is 5.92. The Kier molecular flexibility index (Phi) is 4.60. The number of ketones is 1. The Labute approximate surface area is 161 Å². The molecule has 0 N–H and O–H groups in total. The number of rotatable bonds is 2. The molecule has 0 aliphatic heterocycles. The Morgan fingerprint density at radius 1 is 1.00 bits per heavy atom. The van der Waals surface area contributed by atoms with Crippen LogP contribution in [0.4, 0.5) is 4.39 Å². The number of benzene rings is 2. The Hall–Kier alpha value is -2.28. The van der Waals surface area contributed by atoms with Crippen molar-refractivity contribution >= 4 is 27.6 Å². The molecule has 4 aromatic rings. The van der Waals surface area contributed by atoms with E-state index in [1.165, 1.54) is 12.1 Å². The zero-order chi connectivity index (χ0) is 16.8. The van der Waals surface area contributed by atoms with Gasteiger partial charge in [-0.05, 0) is 18.2 Å². The van der Waals surface area contributed by atoms with Gasteiger partial charge in [-0.3, -0.25) is 4.79 Å². The van der Waals surface area contributed by atoms with Crippen LogP contribution in [-0.2, 0) is 14.1 Å². The first-order valence-corrected chi connectivity index (χ1v) is 7.74. The van der Waals surface area contributed by atoms with Crippen LogP contribution >= 0.6 is 0 Å². The van der Waals surface area contributed by atoms with Crippen LogP contribution in [0.1, 0.15) is 16.1 Å². The minimum Gasteiger partial charge on any atom is -1.00 e. The maximum absolute atomic E-state index is 14.1. The zero-order valence-corrected chi connectivity index (χ0v) is 16.0. The quantitative estimate of drug-likeness (QED) is 0.251. The molecule has 0 saturated heterocycles. The lowest BCUT2D eigenvalue weighted by atomic mass is 10.0. The lowest BCUT2D eigenvalue weighted by Crippen LogP contribution is -3.00. The molecule has 4 rings (SSSR count). The van der Waals surface area contributed by atoms with E-state index in [1.807, 2.05) is 55.2 Å². The van der Waals surface area contributed by atoms with Crippen molar-refractivity contribution in [2.45, 2.75) is 0 Å². The largest absolute Gasteiger partial charge is 1.00 e. The molecule has 0 amide bonds. The van der Waals surface area contributed by atoms with Gasteiger partial charge in [0, 0.05) is 29.4 Å². The molecule has 0 spiro atoms. The summed E-state index contributed by atoms with van der Waals surface area (Å²) in [6.45, 7) is 0. The van der Waals surface area contributed by atoms with Gasteiger partial charge in [0.25, 0.3) is 11.5 Å². The highest BCUT2D eigenvalue weighted by atomic mass is 127. The molecular weight excluding hydrogens is 430 g/mol. The molecule has 126 valence electrons. The van der Waals surface area contributed by atoms with Gasteiger partial charge in [0.15, 0.2) is 6.20 Å². The number of pyridine rings is 1. The molecule has 0 radical (unpaired) electrons. The molecule has 0 bridgehead atoms. The number of para-hydroxylation sites is 1. The Morgan fingerprint density at radius 3 is 2.44 bits per heavy atom. The maximum Gasteiger partial charge on any atom is 0.278 e. The van der Waals surface area contributed by atoms with Crippen molar-refractivity contribution in [1.29, 1.82) is 0 Å². The minimum atomic E-state index is -0.502. The highest BCUT2D eigenvalue weighted by Crippen LogP contribution is 2.29. The molecule has 0 unspecified atom stereocenters. The molecule has 3 nitrogen and oxygen atoms in total. The van der Waals surface area contributed by atoms with E-state index in [2.05, 4.69) is 0 Å². The van der Waals surface area contributed by atoms with Crippen LogP contribution < -0.4 is 28.5 Å². The summed E-state index contributed by atoms with van der Waals surface area (Å²) < 4.78 is 17.9. The van der Waals surface area contributed by atoms with Crippen molar-refractivity contribution in [3.05, 3.63) is 77.9 Å². The molecule has 0 atom stereocenters. The molecule has 2 aromatic carbocycles. The Bertz CT molecular complexity index is 1120. The number of nitrogens with zero attached hydrogens (tertiary/aromatic N) is 2. The lowest BCUT2D eigenvalue weighted by Gasteiger charge is -2.05. The topological polar surface area (TPSA) is 25.9 Å². The monoisotopic (exact) mass is 446 g/mol. The molecule has 0 saturated carbocycles. The van der Waals surface area contributed by atoms with Crippen LogP contribution in [0.3, 0.4) is 0 Å². The SMILES string of the molecule is Cn1c2ccccc2c2cc[n+](C)c(C(=O)c3ccccc3F)c21.[I-]. The van der Waals surface area contributed by atoms with Crippen LogP contribution in [0.2, 0.25) is 0 Å². The van der Waals surface area contributed by atoms with E-state index in [4.69, 9.17) is 0 Å². The van der Waals surface area contributed by atoms with Gasteiger partial charge < -0.3 is 28.5 Å². The van der Waals surface area contributed by atoms with Crippen LogP contribution in [0.25, 0.3) is 21.8 Å². The zero-order valence-electron chi connectivity index (χ0n) is 13.8. The molecule has 5 heteroatoms. The van der Waals surface area contributed by atoms with E-state index in [-0.39, 0.29) is 35.3 Å². The van der Waals surface area contributed by atoms with Gasteiger partial charge in [-0.1, -0.05) is 30.3 Å². The number of aryl methyl sites for hydroxylation is 2. The smallest absolute Gasteiger partial charge is 0.278 e. The summed E-state index contributed by atoms with van der Waals surface area (Å²) in [5.74, 6) is -0.814. The average molecular weight is 446 g/mol. The number of hydrogen-bond donors (Lipinski definition) is 0. The summed E-state index contributed by atoms with van der Waals surface area (Å²) in [4.78, 5) is 13.1. The summed E-state index contributed by atoms with van der Waals surface area (Å²) in [5, 5.41) is 2.07. The van der Waals surface area contributed by atoms with Crippen LogP contribution in [0.15, 0.2) is 60.8 Å². The first-order valence-electron chi connectivity index (χ1n) is 7.74. The van der Waals surface area contributed by atoms with Gasteiger partial charge in [0.05, 0.1) is 5.56 Å². The number of aromatic nitrogens is 2. The maximum atomic E-state index is 14.1. The van der Waals surface area contributed by atoms with Gasteiger partial charge in [-0.25, -0.2) is 4.39 Å². The van der Waals surface area contributed by atoms with Gasteiger partial charge in [0.2, 0.25) is 0 Å². The normalized spacial score (nSPS) is 10.8. The van der Waals surface area contributed by atoms with Gasteiger partial charge in [-0.15, -0.1) is 0 Å². The van der Waals surface area contributed by atoms with E-state index in [1.54, 1.807) is 16.7 Å². The van der Waals surface area contributed by atoms with E-state index >= 15 is 0 Å². The fourth-order valence-electron chi connectivity index (χ4n) is 3.35. The third kappa shape index (κ3) is 2.63. The van der Waals surface area contributed by atoms with Crippen LogP contribution in [-0.4, -0.2) is 10.4 Å². The third-order valence-electron chi connectivity index (χ3n) is 4.52. The minimum absolute atomic E-state index is 0. The number of hydrogen-bond acceptors (Lipinski definition) is 1. The van der Waals surface area contributed by atoms with E-state index in [0.717, 1.165) is 21.8 Å². The van der Waals surface area contributed by atoms with E-state index in [9.17, 15) is 9.18 Å². The number of carbonyl (C=O) groups excluding carboxylic acids is 1. The summed E-state index contributed by atoms with van der Waals surface area (Å²) in [6.07, 6.45) is 1.85. The molecule has 2 heterocycles. The van der Waals surface area contributed by atoms with Gasteiger partial charge in [0.1, 0.15) is 18.4 Å². The first kappa shape index (κ1) is 17.5. The van der Waals surface area contributed by atoms with Gasteiger partial charge in [-0.2, -0.15) is 4.57 Å². The first-order chi connectivity index (χ1) is 11.6. The molecule has 0 fully saturated rings. The van der Waals surface area contributed by atoms with E-state index < -0.39 is 5.82 Å². The Balaban J connectivity index is 0.00000182. The summed E-state index contributed by atoms with van der Waals surface area (Å²) in [7, 11) is 3.74. The van der Waals surface area contributed by atoms with Crippen molar-refractivity contribution in [2.75, 3.05) is 0 Å². The highest BCUT2D eigenvalue weighted by molar-refractivity contribution is 6.18. The number of halogens is 2. The van der Waals surface area contributed by atoms with Gasteiger partial charge >= 0.3 is 0 Å². The second-order valence-corrected chi connectivity index (χ2v) is 5.92. The van der Waals surface area contributed by atoms with Crippen LogP contribution in [0.5, 0.6) is 0 Å². The molecule has 0 aliphatic rings. The van der Waals surface area contributed by atoms with E-state index in [0.29, 0.717) is 5.69 Å². The van der Waals surface area contributed by atoms with Crippen molar-refractivity contribution in [1.82, 2.24) is 4.57 Å². The van der Waals surface area contributed by atoms with Crippen molar-refractivity contribution < 1.29 is 37.7 Å². The third-order valence-corrected chi connectivity index (χ3v) is 4.52. The van der Waals surface area contributed by atoms with Crippen molar-refractivity contribution in [3.8, 4) is 0 Å². The molecule has 25 heavy (non-hydrogen) atoms.